The lowest BCUT2D eigenvalue weighted by molar-refractivity contribution is 0.332. The van der Waals surface area contributed by atoms with Crippen molar-refractivity contribution in [3.63, 3.8) is 0 Å². The molecule has 11 rings (SSSR count). The minimum absolute atomic E-state index is 0.0751. The van der Waals surface area contributed by atoms with Crippen LogP contribution in [0.1, 0.15) is 51.7 Å². The van der Waals surface area contributed by atoms with E-state index >= 15 is 0 Å². The molecule has 0 atom stereocenters. The first-order valence-corrected chi connectivity index (χ1v) is 20.1. The molecule has 0 bridgehead atoms. The summed E-state index contributed by atoms with van der Waals surface area (Å²) in [6.07, 6.45) is 2.35. The number of aromatic nitrogens is 2. The van der Waals surface area contributed by atoms with Crippen molar-refractivity contribution in [1.82, 2.24) is 9.13 Å². The van der Waals surface area contributed by atoms with Gasteiger partial charge >= 0.3 is 0 Å². The Labute approximate surface area is 328 Å². The third-order valence-electron chi connectivity index (χ3n) is 13.0. The van der Waals surface area contributed by atoms with Crippen LogP contribution in [0.2, 0.25) is 0 Å². The normalized spacial score (nSPS) is 14.9. The number of hydrogen-bond acceptors (Lipinski definition) is 0. The van der Waals surface area contributed by atoms with Gasteiger partial charge in [0.2, 0.25) is 0 Å². The van der Waals surface area contributed by atoms with Crippen LogP contribution in [0.3, 0.4) is 0 Å². The van der Waals surface area contributed by atoms with Crippen molar-refractivity contribution < 1.29 is 0 Å². The minimum Gasteiger partial charge on any atom is -0.309 e. The van der Waals surface area contributed by atoms with E-state index in [1.807, 2.05) is 0 Å². The maximum absolute atomic E-state index is 2.59. The maximum Gasteiger partial charge on any atom is 0.0549 e. The summed E-state index contributed by atoms with van der Waals surface area (Å²) in [5.41, 5.74) is 15.4. The van der Waals surface area contributed by atoms with Crippen LogP contribution < -0.4 is 0 Å². The van der Waals surface area contributed by atoms with Crippen LogP contribution in [-0.4, -0.2) is 9.13 Å². The van der Waals surface area contributed by atoms with Crippen LogP contribution in [0.15, 0.2) is 170 Å². The van der Waals surface area contributed by atoms with Gasteiger partial charge in [-0.15, -0.1) is 0 Å². The van der Waals surface area contributed by atoms with Gasteiger partial charge in [0.15, 0.2) is 0 Å². The van der Waals surface area contributed by atoms with Crippen LogP contribution in [0.4, 0.5) is 0 Å². The first-order chi connectivity index (χ1) is 27.3. The van der Waals surface area contributed by atoms with Crippen molar-refractivity contribution in [3.05, 3.63) is 181 Å². The Morgan fingerprint density at radius 3 is 1.62 bits per heavy atom. The largest absolute Gasteiger partial charge is 0.309 e. The number of rotatable bonds is 4. The van der Waals surface area contributed by atoms with Crippen molar-refractivity contribution in [2.24, 2.45) is 0 Å². The third kappa shape index (κ3) is 4.81. The van der Waals surface area contributed by atoms with Gasteiger partial charge in [-0.2, -0.15) is 0 Å². The lowest BCUT2D eigenvalue weighted by Crippen LogP contribution is -2.33. The van der Waals surface area contributed by atoms with E-state index in [4.69, 9.17) is 0 Å². The highest BCUT2D eigenvalue weighted by Crippen LogP contribution is 2.51. The topological polar surface area (TPSA) is 9.86 Å². The molecular formula is C54H44N2. The van der Waals surface area contributed by atoms with Gasteiger partial charge in [0, 0.05) is 32.9 Å². The average molecular weight is 721 g/mol. The fourth-order valence-electron chi connectivity index (χ4n) is 9.99. The van der Waals surface area contributed by atoms with Gasteiger partial charge in [0.25, 0.3) is 0 Å². The molecule has 0 aliphatic heterocycles. The SMILES string of the molecule is CC1(C)CCC(C)(C)c2cc3c(cc21)c1c2c4c5ccccc5ccc4n(-c4ccccc4)c2ccc1n3-c1cccc(-c2ccccc2-c2ccccc2)c1. The van der Waals surface area contributed by atoms with Crippen LogP contribution in [-0.2, 0) is 10.8 Å². The maximum atomic E-state index is 2.59. The molecule has 8 aromatic carbocycles. The summed E-state index contributed by atoms with van der Waals surface area (Å²) in [7, 11) is 0. The predicted molar refractivity (Wildman–Crippen MR) is 239 cm³/mol. The fraction of sp³-hybridized carbons (Fsp3) is 0.148. The summed E-state index contributed by atoms with van der Waals surface area (Å²) in [4.78, 5) is 0. The lowest BCUT2D eigenvalue weighted by atomic mass is 9.63. The van der Waals surface area contributed by atoms with E-state index in [9.17, 15) is 0 Å². The average Bonchev–Trinajstić information content (AvgIpc) is 3.75. The Hall–Kier alpha value is -6.38. The predicted octanol–water partition coefficient (Wildman–Crippen LogP) is 14.7. The zero-order valence-corrected chi connectivity index (χ0v) is 32.5. The first-order valence-electron chi connectivity index (χ1n) is 20.1. The van der Waals surface area contributed by atoms with Gasteiger partial charge in [-0.05, 0) is 122 Å². The standard InChI is InChI=1S/C54H44N2/c1-53(2)30-31-54(3,4)45-34-49-43(33-44(45)53)51-47(56(49)39-22-15-19-37(32-39)41-24-14-13-23-40(41)35-16-7-5-8-17-35)28-29-48-52(51)50-42-25-12-11-18-36(42)26-27-46(50)55(48)38-20-9-6-10-21-38/h5-29,32-34H,30-31H2,1-4H3. The van der Waals surface area contributed by atoms with E-state index < -0.39 is 0 Å². The van der Waals surface area contributed by atoms with Crippen LogP contribution in [0.5, 0.6) is 0 Å². The van der Waals surface area contributed by atoms with E-state index in [2.05, 4.69) is 207 Å². The molecule has 1 aliphatic carbocycles. The molecule has 0 fully saturated rings. The summed E-state index contributed by atoms with van der Waals surface area (Å²) in [6.45, 7) is 9.78. The van der Waals surface area contributed by atoms with Crippen LogP contribution in [0.25, 0.3) is 88.0 Å². The van der Waals surface area contributed by atoms with E-state index in [-0.39, 0.29) is 10.8 Å². The van der Waals surface area contributed by atoms with Crippen LogP contribution in [0, 0.1) is 0 Å². The zero-order chi connectivity index (χ0) is 37.8. The Kier molecular flexibility index (Phi) is 7.11. The fourth-order valence-corrected chi connectivity index (χ4v) is 9.99. The van der Waals surface area contributed by atoms with Crippen molar-refractivity contribution in [2.45, 2.75) is 51.4 Å². The smallest absolute Gasteiger partial charge is 0.0549 e. The molecule has 2 heteroatoms. The Morgan fingerprint density at radius 1 is 0.375 bits per heavy atom. The monoisotopic (exact) mass is 720 g/mol. The van der Waals surface area contributed by atoms with E-state index in [0.717, 1.165) is 0 Å². The van der Waals surface area contributed by atoms with Crippen molar-refractivity contribution in [3.8, 4) is 33.6 Å². The second-order valence-electron chi connectivity index (χ2n) is 17.2. The molecule has 56 heavy (non-hydrogen) atoms. The van der Waals surface area contributed by atoms with Gasteiger partial charge in [0.05, 0.1) is 22.1 Å². The van der Waals surface area contributed by atoms with Gasteiger partial charge < -0.3 is 9.13 Å². The molecule has 10 aromatic rings. The van der Waals surface area contributed by atoms with Gasteiger partial charge in [-0.1, -0.05) is 143 Å². The Bertz CT molecular complexity index is 3170. The number of nitrogens with zero attached hydrogens (tertiary/aromatic N) is 2. The van der Waals surface area contributed by atoms with Gasteiger partial charge in [0.1, 0.15) is 0 Å². The molecule has 2 aromatic heterocycles. The summed E-state index contributed by atoms with van der Waals surface area (Å²) in [5, 5.41) is 7.83. The third-order valence-corrected chi connectivity index (χ3v) is 13.0. The van der Waals surface area contributed by atoms with E-state index in [1.165, 1.54) is 112 Å². The minimum atomic E-state index is 0.0751. The summed E-state index contributed by atoms with van der Waals surface area (Å²) < 4.78 is 5.04. The Balaban J connectivity index is 1.30. The zero-order valence-electron chi connectivity index (χ0n) is 32.5. The van der Waals surface area contributed by atoms with E-state index in [1.54, 1.807) is 0 Å². The molecule has 0 spiro atoms. The van der Waals surface area contributed by atoms with Gasteiger partial charge in [-0.3, -0.25) is 0 Å². The van der Waals surface area contributed by atoms with Gasteiger partial charge in [-0.25, -0.2) is 0 Å². The van der Waals surface area contributed by atoms with Crippen LogP contribution >= 0.6 is 0 Å². The lowest BCUT2D eigenvalue weighted by Gasteiger charge is -2.42. The molecule has 0 amide bonds. The highest BCUT2D eigenvalue weighted by Gasteiger charge is 2.38. The highest BCUT2D eigenvalue weighted by molar-refractivity contribution is 6.33. The molecule has 2 nitrogen and oxygen atoms in total. The molecular weight excluding hydrogens is 677 g/mol. The molecule has 0 N–H and O–H groups in total. The number of hydrogen-bond donors (Lipinski definition) is 0. The molecule has 1 aliphatic rings. The van der Waals surface area contributed by atoms with Crippen molar-refractivity contribution >= 4 is 54.4 Å². The first kappa shape index (κ1) is 33.0. The number of benzene rings is 8. The van der Waals surface area contributed by atoms with E-state index in [0.29, 0.717) is 0 Å². The second-order valence-corrected chi connectivity index (χ2v) is 17.2. The molecule has 2 heterocycles. The quantitative estimate of drug-likeness (QED) is 0.171. The highest BCUT2D eigenvalue weighted by atomic mass is 15.0. The molecule has 270 valence electrons. The summed E-state index contributed by atoms with van der Waals surface area (Å²) in [6, 6.07) is 63.1. The molecule has 0 unspecified atom stereocenters. The second kappa shape index (κ2) is 12.1. The number of para-hydroxylation sites is 1. The Morgan fingerprint density at radius 2 is 0.893 bits per heavy atom. The van der Waals surface area contributed by atoms with Crippen molar-refractivity contribution in [1.29, 1.82) is 0 Å². The molecule has 0 saturated heterocycles. The number of fused-ring (bicyclic) bond motifs is 10. The summed E-state index contributed by atoms with van der Waals surface area (Å²) >= 11 is 0. The van der Waals surface area contributed by atoms with Crippen molar-refractivity contribution in [2.75, 3.05) is 0 Å². The molecule has 0 radical (unpaired) electrons. The summed E-state index contributed by atoms with van der Waals surface area (Å²) in [5.74, 6) is 0. The molecule has 0 saturated carbocycles.